The smallest absolute Gasteiger partial charge is 0.227 e. The molecule has 1 aromatic heterocycles. The largest absolute Gasteiger partial charge is 0.353 e. The van der Waals surface area contributed by atoms with Crippen molar-refractivity contribution < 1.29 is 8.42 Å². The number of aromatic nitrogens is 2. The van der Waals surface area contributed by atoms with E-state index in [1.54, 1.807) is 0 Å². The molecule has 24 heavy (non-hydrogen) atoms. The second kappa shape index (κ2) is 6.86. The van der Waals surface area contributed by atoms with Crippen LogP contribution in [0.1, 0.15) is 38.8 Å². The van der Waals surface area contributed by atoms with E-state index in [-0.39, 0.29) is 17.5 Å². The van der Waals surface area contributed by atoms with E-state index < -0.39 is 9.84 Å². The van der Waals surface area contributed by atoms with E-state index in [0.29, 0.717) is 6.42 Å². The Bertz CT molecular complexity index is 684. The molecule has 0 aliphatic carbocycles. The Hall–Kier alpha value is -1.37. The van der Waals surface area contributed by atoms with E-state index in [1.807, 2.05) is 13.0 Å². The van der Waals surface area contributed by atoms with Gasteiger partial charge in [0.25, 0.3) is 0 Å². The van der Waals surface area contributed by atoms with E-state index in [4.69, 9.17) is 4.98 Å². The van der Waals surface area contributed by atoms with Gasteiger partial charge in [-0.3, -0.25) is 0 Å². The summed E-state index contributed by atoms with van der Waals surface area (Å²) in [5.74, 6) is 2.94. The number of rotatable bonds is 4. The molecular weight excluding hydrogens is 324 g/mol. The van der Waals surface area contributed by atoms with Crippen LogP contribution in [0.15, 0.2) is 6.07 Å². The molecule has 1 atom stereocenters. The maximum absolute atomic E-state index is 11.8. The Labute approximate surface area is 145 Å². The molecule has 2 saturated heterocycles. The first-order valence-electron chi connectivity index (χ1n) is 8.95. The minimum Gasteiger partial charge on any atom is -0.353 e. The number of hydrogen-bond donors (Lipinski definition) is 0. The second-order valence-electron chi connectivity index (χ2n) is 7.18. The molecule has 0 saturated carbocycles. The lowest BCUT2D eigenvalue weighted by atomic mass is 10.00. The minimum atomic E-state index is -2.90. The Morgan fingerprint density at radius 1 is 1.25 bits per heavy atom. The Balaban J connectivity index is 1.84. The normalized spacial score (nSPS) is 24.3. The van der Waals surface area contributed by atoms with Crippen LogP contribution in [0.25, 0.3) is 0 Å². The molecule has 0 N–H and O–H groups in total. The zero-order chi connectivity index (χ0) is 17.3. The molecule has 3 rings (SSSR count). The van der Waals surface area contributed by atoms with Crippen LogP contribution >= 0.6 is 0 Å². The molecule has 6 nitrogen and oxygen atoms in total. The highest BCUT2D eigenvalue weighted by atomic mass is 32.2. The fourth-order valence-electron chi connectivity index (χ4n) is 3.66. The molecule has 2 fully saturated rings. The third-order valence-corrected chi connectivity index (χ3v) is 6.93. The number of anilines is 2. The Morgan fingerprint density at radius 2 is 1.96 bits per heavy atom. The summed E-state index contributed by atoms with van der Waals surface area (Å²) in [6.45, 7) is 9.08. The molecule has 0 bridgehead atoms. The number of sulfone groups is 1. The summed E-state index contributed by atoms with van der Waals surface area (Å²) in [5, 5.41) is 0. The van der Waals surface area contributed by atoms with Gasteiger partial charge in [0.05, 0.1) is 11.5 Å². The predicted octanol–water partition coefficient (Wildman–Crippen LogP) is 2.03. The first kappa shape index (κ1) is 17.5. The van der Waals surface area contributed by atoms with E-state index in [0.717, 1.165) is 43.0 Å². The van der Waals surface area contributed by atoms with Gasteiger partial charge in [0.15, 0.2) is 9.84 Å². The average molecular weight is 353 g/mol. The van der Waals surface area contributed by atoms with Gasteiger partial charge < -0.3 is 9.80 Å². The van der Waals surface area contributed by atoms with Crippen molar-refractivity contribution in [2.24, 2.45) is 5.92 Å². The lowest BCUT2D eigenvalue weighted by Crippen LogP contribution is -2.38. The van der Waals surface area contributed by atoms with Crippen molar-refractivity contribution in [3.63, 3.8) is 0 Å². The third-order valence-electron chi connectivity index (χ3n) is 5.18. The van der Waals surface area contributed by atoms with E-state index in [2.05, 4.69) is 28.6 Å². The Kier molecular flexibility index (Phi) is 4.99. The molecule has 1 aromatic rings. The van der Waals surface area contributed by atoms with E-state index in [9.17, 15) is 8.42 Å². The molecule has 1 unspecified atom stereocenters. The van der Waals surface area contributed by atoms with Crippen molar-refractivity contribution >= 4 is 21.6 Å². The molecule has 0 amide bonds. The minimum absolute atomic E-state index is 0.0310. The zero-order valence-electron chi connectivity index (χ0n) is 14.9. The lowest BCUT2D eigenvalue weighted by Gasteiger charge is -2.32. The Morgan fingerprint density at radius 3 is 2.54 bits per heavy atom. The van der Waals surface area contributed by atoms with Crippen LogP contribution < -0.4 is 9.80 Å². The van der Waals surface area contributed by atoms with Crippen LogP contribution in [0.4, 0.5) is 11.8 Å². The highest BCUT2D eigenvalue weighted by Gasteiger charge is 2.32. The van der Waals surface area contributed by atoms with Crippen LogP contribution in [0, 0.1) is 12.8 Å². The highest BCUT2D eigenvalue weighted by Crippen LogP contribution is 2.26. The van der Waals surface area contributed by atoms with Crippen molar-refractivity contribution in [1.29, 1.82) is 0 Å². The van der Waals surface area contributed by atoms with Crippen molar-refractivity contribution in [3.05, 3.63) is 11.8 Å². The summed E-state index contributed by atoms with van der Waals surface area (Å²) in [4.78, 5) is 13.8. The molecule has 0 spiro atoms. The van der Waals surface area contributed by atoms with Gasteiger partial charge in [-0.25, -0.2) is 13.4 Å². The summed E-state index contributed by atoms with van der Waals surface area (Å²) in [6.07, 6.45) is 3.03. The van der Waals surface area contributed by atoms with Crippen molar-refractivity contribution in [2.45, 2.75) is 46.1 Å². The topological polar surface area (TPSA) is 66.4 Å². The number of aryl methyl sites for hydroxylation is 1. The van der Waals surface area contributed by atoms with Crippen molar-refractivity contribution in [2.75, 3.05) is 40.9 Å². The monoisotopic (exact) mass is 352 g/mol. The fourth-order valence-corrected chi connectivity index (χ4v) is 5.39. The molecule has 2 aliphatic heterocycles. The van der Waals surface area contributed by atoms with Crippen LogP contribution in [-0.4, -0.2) is 55.6 Å². The number of nitrogens with zero attached hydrogens (tertiary/aromatic N) is 4. The van der Waals surface area contributed by atoms with Crippen LogP contribution in [0.5, 0.6) is 0 Å². The van der Waals surface area contributed by atoms with Gasteiger partial charge in [-0.15, -0.1) is 0 Å². The van der Waals surface area contributed by atoms with Gasteiger partial charge in [-0.2, -0.15) is 4.98 Å². The lowest BCUT2D eigenvalue weighted by molar-refractivity contribution is 0.434. The number of piperidine rings is 1. The third kappa shape index (κ3) is 3.82. The summed E-state index contributed by atoms with van der Waals surface area (Å²) in [6, 6.07) is 2.01. The quantitative estimate of drug-likeness (QED) is 0.826. The summed E-state index contributed by atoms with van der Waals surface area (Å²) < 4.78 is 23.7. The van der Waals surface area contributed by atoms with E-state index in [1.165, 1.54) is 12.8 Å². The summed E-state index contributed by atoms with van der Waals surface area (Å²) in [5.41, 5.74) is 0.938. The second-order valence-corrected chi connectivity index (χ2v) is 9.41. The van der Waals surface area contributed by atoms with Gasteiger partial charge in [-0.1, -0.05) is 6.92 Å². The first-order valence-corrected chi connectivity index (χ1v) is 10.8. The first-order chi connectivity index (χ1) is 11.4. The van der Waals surface area contributed by atoms with Crippen molar-refractivity contribution in [3.8, 4) is 0 Å². The predicted molar refractivity (Wildman–Crippen MR) is 97.5 cm³/mol. The van der Waals surface area contributed by atoms with Gasteiger partial charge in [0.1, 0.15) is 5.82 Å². The van der Waals surface area contributed by atoms with Gasteiger partial charge >= 0.3 is 0 Å². The van der Waals surface area contributed by atoms with Gasteiger partial charge in [0, 0.05) is 37.4 Å². The molecule has 0 radical (unpaired) electrons. The molecule has 3 heterocycles. The fraction of sp³-hybridized carbons (Fsp3) is 0.765. The maximum atomic E-state index is 11.8. The average Bonchev–Trinajstić information content (AvgIpc) is 2.88. The molecule has 7 heteroatoms. The van der Waals surface area contributed by atoms with Gasteiger partial charge in [-0.05, 0) is 39.0 Å². The van der Waals surface area contributed by atoms with Crippen molar-refractivity contribution in [1.82, 2.24) is 9.97 Å². The highest BCUT2D eigenvalue weighted by molar-refractivity contribution is 7.91. The SMILES string of the molecule is CCN(c1cc(C)nc(N2CCC(C)CC2)n1)C1CCS(=O)(=O)C1. The molecule has 134 valence electrons. The molecular formula is C17H28N4O2S. The van der Waals surface area contributed by atoms with Gasteiger partial charge in [0.2, 0.25) is 5.95 Å². The zero-order valence-corrected chi connectivity index (χ0v) is 15.7. The van der Waals surface area contributed by atoms with E-state index >= 15 is 0 Å². The van der Waals surface area contributed by atoms with Crippen LogP contribution in [0.3, 0.4) is 0 Å². The van der Waals surface area contributed by atoms with Crippen LogP contribution in [0.2, 0.25) is 0 Å². The van der Waals surface area contributed by atoms with Crippen LogP contribution in [-0.2, 0) is 9.84 Å². The summed E-state index contributed by atoms with van der Waals surface area (Å²) >= 11 is 0. The molecule has 0 aromatic carbocycles. The molecule has 2 aliphatic rings. The summed E-state index contributed by atoms with van der Waals surface area (Å²) in [7, 11) is -2.90. The maximum Gasteiger partial charge on any atom is 0.227 e. The standard InChI is InChI=1S/C17H28N4O2S/c1-4-21(15-7-10-24(22,23)12-15)16-11-14(3)18-17(19-16)20-8-5-13(2)6-9-20/h11,13,15H,4-10,12H2,1-3H3. The number of hydrogen-bond acceptors (Lipinski definition) is 6.